The highest BCUT2D eigenvalue weighted by atomic mass is 16.7. The van der Waals surface area contributed by atoms with Crippen molar-refractivity contribution >= 4 is 5.97 Å². The van der Waals surface area contributed by atoms with Crippen LogP contribution in [0.3, 0.4) is 0 Å². The third-order valence-electron chi connectivity index (χ3n) is 6.93. The molecule has 0 radical (unpaired) electrons. The number of allylic oxidation sites excluding steroid dienone is 2. The van der Waals surface area contributed by atoms with E-state index in [9.17, 15) is 4.79 Å². The molecule has 0 amide bonds. The number of rotatable bonds is 13. The van der Waals surface area contributed by atoms with Gasteiger partial charge in [0.2, 0.25) is 0 Å². The summed E-state index contributed by atoms with van der Waals surface area (Å²) in [5.41, 5.74) is 0. The summed E-state index contributed by atoms with van der Waals surface area (Å²) in [6.45, 7) is 1.48. The monoisotopic (exact) mass is 470 g/mol. The molecular formula is C25H42O8. The first-order chi connectivity index (χ1) is 16.1. The minimum Gasteiger partial charge on any atom is -0.481 e. The summed E-state index contributed by atoms with van der Waals surface area (Å²) in [4.78, 5) is 10.7. The maximum atomic E-state index is 10.7. The van der Waals surface area contributed by atoms with Gasteiger partial charge in [-0.05, 0) is 63.7 Å². The molecule has 6 atom stereocenters. The van der Waals surface area contributed by atoms with Gasteiger partial charge in [-0.1, -0.05) is 12.2 Å². The molecule has 0 spiro atoms. The zero-order chi connectivity index (χ0) is 23.5. The number of hydrogen-bond acceptors (Lipinski definition) is 7. The van der Waals surface area contributed by atoms with Gasteiger partial charge in [0.1, 0.15) is 0 Å². The molecule has 0 aromatic rings. The van der Waals surface area contributed by atoms with Crippen molar-refractivity contribution in [1.29, 1.82) is 0 Å². The molecule has 2 heterocycles. The predicted molar refractivity (Wildman–Crippen MR) is 122 cm³/mol. The van der Waals surface area contributed by atoms with Crippen molar-refractivity contribution in [2.75, 3.05) is 27.4 Å². The summed E-state index contributed by atoms with van der Waals surface area (Å²) in [7, 11) is 3.34. The van der Waals surface area contributed by atoms with Crippen LogP contribution in [-0.2, 0) is 33.2 Å². The van der Waals surface area contributed by atoms with Crippen LogP contribution in [0.5, 0.6) is 0 Å². The van der Waals surface area contributed by atoms with E-state index in [0.717, 1.165) is 71.0 Å². The summed E-state index contributed by atoms with van der Waals surface area (Å²) in [6, 6.07) is 0. The molecule has 1 N–H and O–H groups in total. The van der Waals surface area contributed by atoms with E-state index in [4.69, 9.17) is 33.5 Å². The molecule has 8 heteroatoms. The van der Waals surface area contributed by atoms with Gasteiger partial charge in [-0.2, -0.15) is 0 Å². The predicted octanol–water partition coefficient (Wildman–Crippen LogP) is 4.27. The fourth-order valence-electron chi connectivity index (χ4n) is 5.31. The summed E-state index contributed by atoms with van der Waals surface area (Å²) < 4.78 is 36.2. The third kappa shape index (κ3) is 8.30. The quantitative estimate of drug-likeness (QED) is 0.315. The summed E-state index contributed by atoms with van der Waals surface area (Å²) in [6.07, 6.45) is 12.5. The Labute approximate surface area is 197 Å². The Morgan fingerprint density at radius 2 is 1.55 bits per heavy atom. The van der Waals surface area contributed by atoms with E-state index in [2.05, 4.69) is 6.08 Å². The van der Waals surface area contributed by atoms with Crippen LogP contribution in [0.25, 0.3) is 0 Å². The van der Waals surface area contributed by atoms with Crippen LogP contribution in [0.4, 0.5) is 0 Å². The van der Waals surface area contributed by atoms with E-state index in [1.54, 1.807) is 14.2 Å². The lowest BCUT2D eigenvalue weighted by molar-refractivity contribution is -0.227. The van der Waals surface area contributed by atoms with E-state index >= 15 is 0 Å². The Morgan fingerprint density at radius 3 is 2.09 bits per heavy atom. The largest absolute Gasteiger partial charge is 0.481 e. The average molecular weight is 471 g/mol. The van der Waals surface area contributed by atoms with Gasteiger partial charge in [0.05, 0.1) is 12.2 Å². The minimum atomic E-state index is -0.774. The number of aliphatic carboxylic acids is 1. The van der Waals surface area contributed by atoms with Gasteiger partial charge in [-0.3, -0.25) is 4.79 Å². The highest BCUT2D eigenvalue weighted by molar-refractivity contribution is 5.66. The molecule has 0 bridgehead atoms. The van der Waals surface area contributed by atoms with Crippen molar-refractivity contribution in [2.24, 2.45) is 11.8 Å². The van der Waals surface area contributed by atoms with Crippen molar-refractivity contribution in [3.63, 3.8) is 0 Å². The van der Waals surface area contributed by atoms with E-state index in [1.165, 1.54) is 0 Å². The SMILES string of the molecule is COC(OC)[C@@H]1[C@@H](CCC=CCCC(=O)O)[C@@H](OC2CCCCO2)C[C@H]1OC1CCCCO1. The van der Waals surface area contributed by atoms with Crippen molar-refractivity contribution in [3.8, 4) is 0 Å². The number of carboxylic acids is 1. The second-order valence-corrected chi connectivity index (χ2v) is 9.24. The van der Waals surface area contributed by atoms with Crippen molar-refractivity contribution in [2.45, 2.75) is 102 Å². The van der Waals surface area contributed by atoms with Crippen LogP contribution < -0.4 is 0 Å². The van der Waals surface area contributed by atoms with Gasteiger partial charge in [0, 0.05) is 46.2 Å². The molecule has 3 rings (SSSR count). The first kappa shape index (κ1) is 26.6. The molecule has 1 saturated carbocycles. The van der Waals surface area contributed by atoms with Gasteiger partial charge in [0.25, 0.3) is 0 Å². The van der Waals surface area contributed by atoms with Gasteiger partial charge in [-0.15, -0.1) is 0 Å². The van der Waals surface area contributed by atoms with Crippen LogP contribution in [0.2, 0.25) is 0 Å². The average Bonchev–Trinajstić information content (AvgIpc) is 3.14. The number of hydrogen-bond donors (Lipinski definition) is 1. The topological polar surface area (TPSA) is 92.7 Å². The van der Waals surface area contributed by atoms with Gasteiger partial charge >= 0.3 is 5.97 Å². The van der Waals surface area contributed by atoms with Crippen LogP contribution >= 0.6 is 0 Å². The number of carbonyl (C=O) groups is 1. The highest BCUT2D eigenvalue weighted by Crippen LogP contribution is 2.44. The molecule has 0 aromatic heterocycles. The Balaban J connectivity index is 1.70. The van der Waals surface area contributed by atoms with Crippen molar-refractivity contribution in [1.82, 2.24) is 0 Å². The molecule has 3 aliphatic rings. The second kappa shape index (κ2) is 14.4. The first-order valence-electron chi connectivity index (χ1n) is 12.6. The van der Waals surface area contributed by atoms with Crippen molar-refractivity contribution < 1.29 is 38.3 Å². The van der Waals surface area contributed by atoms with E-state index in [0.29, 0.717) is 6.42 Å². The standard InChI is InChI=1S/C25H42O8/c1-28-25(29-2)24-18(11-5-3-4-6-12-21(26)27)19(32-22-13-7-9-15-30-22)17-20(24)33-23-14-8-10-16-31-23/h3-4,18-20,22-25H,5-17H2,1-2H3,(H,26,27)/t18-,19-,20+,22?,23?,24+/m0/s1. The maximum absolute atomic E-state index is 10.7. The Hall–Kier alpha value is -1.03. The smallest absolute Gasteiger partial charge is 0.303 e. The molecule has 0 aromatic carbocycles. The second-order valence-electron chi connectivity index (χ2n) is 9.24. The van der Waals surface area contributed by atoms with E-state index in [1.807, 2.05) is 6.08 Å². The van der Waals surface area contributed by atoms with E-state index in [-0.39, 0.29) is 43.0 Å². The molecule has 3 fully saturated rings. The Bertz CT molecular complexity index is 581. The summed E-state index contributed by atoms with van der Waals surface area (Å²) >= 11 is 0. The molecule has 33 heavy (non-hydrogen) atoms. The molecule has 1 aliphatic carbocycles. The molecule has 2 unspecified atom stereocenters. The fourth-order valence-corrected chi connectivity index (χ4v) is 5.31. The Kier molecular flexibility index (Phi) is 11.6. The lowest BCUT2D eigenvalue weighted by atomic mass is 9.88. The van der Waals surface area contributed by atoms with Crippen LogP contribution in [-0.4, -0.2) is 69.6 Å². The van der Waals surface area contributed by atoms with Gasteiger partial charge < -0.3 is 33.5 Å². The first-order valence-corrected chi connectivity index (χ1v) is 12.6. The van der Waals surface area contributed by atoms with Crippen LogP contribution in [0.1, 0.15) is 70.6 Å². The van der Waals surface area contributed by atoms with Crippen LogP contribution in [0, 0.1) is 11.8 Å². The van der Waals surface area contributed by atoms with Gasteiger partial charge in [-0.25, -0.2) is 0 Å². The van der Waals surface area contributed by atoms with Gasteiger partial charge in [0.15, 0.2) is 18.9 Å². The lowest BCUT2D eigenvalue weighted by Gasteiger charge is -2.34. The fraction of sp³-hybridized carbons (Fsp3) is 0.880. The molecule has 2 saturated heterocycles. The Morgan fingerprint density at radius 1 is 0.939 bits per heavy atom. The number of ether oxygens (including phenoxy) is 6. The lowest BCUT2D eigenvalue weighted by Crippen LogP contribution is -2.40. The normalized spacial score (nSPS) is 33.2. The molecule has 190 valence electrons. The highest BCUT2D eigenvalue weighted by Gasteiger charge is 2.50. The zero-order valence-electron chi connectivity index (χ0n) is 20.2. The minimum absolute atomic E-state index is 0.00605. The molecular weight excluding hydrogens is 428 g/mol. The molecule has 8 nitrogen and oxygen atoms in total. The van der Waals surface area contributed by atoms with E-state index < -0.39 is 12.3 Å². The molecule has 2 aliphatic heterocycles. The third-order valence-corrected chi connectivity index (χ3v) is 6.93. The maximum Gasteiger partial charge on any atom is 0.303 e. The summed E-state index contributed by atoms with van der Waals surface area (Å²) in [5, 5.41) is 8.83. The van der Waals surface area contributed by atoms with Crippen LogP contribution in [0.15, 0.2) is 12.2 Å². The number of carboxylic acid groups (broad SMARTS) is 1. The summed E-state index contributed by atoms with van der Waals surface area (Å²) in [5.74, 6) is -0.603. The number of methoxy groups -OCH3 is 2. The zero-order valence-corrected chi connectivity index (χ0v) is 20.2. The van der Waals surface area contributed by atoms with Crippen molar-refractivity contribution in [3.05, 3.63) is 12.2 Å².